The second-order valence-electron chi connectivity index (χ2n) is 7.75. The number of carbonyl (C=O) groups excluding carboxylic acids is 2. The van der Waals surface area contributed by atoms with Gasteiger partial charge in [0.2, 0.25) is 11.8 Å². The normalized spacial score (nSPS) is 22.1. The zero-order valence-corrected chi connectivity index (χ0v) is 18.0. The van der Waals surface area contributed by atoms with Crippen molar-refractivity contribution >= 4 is 30.2 Å². The fourth-order valence-electron chi connectivity index (χ4n) is 3.80. The van der Waals surface area contributed by atoms with E-state index in [9.17, 15) is 19.7 Å². The molecular weight excluding hydrogens is 414 g/mol. The molecule has 172 valence electrons. The summed E-state index contributed by atoms with van der Waals surface area (Å²) in [5.74, 6) is -0.202. The summed E-state index contributed by atoms with van der Waals surface area (Å²) >= 11 is 0. The first kappa shape index (κ1) is 25.9. The lowest BCUT2D eigenvalue weighted by Gasteiger charge is -2.24. The standard InChI is InChI=1S/C18H33N7O4.ClH/c19-18(24-25(28)29)20-10-6-2-5-9-16(26)22-14-11-15(21-12-14)17(27)23-13-7-3-1-4-8-13;/h13-15,21H,1-12H2,(H,22,26)(H,23,27)(H3,19,20,24);1H/t14-,15-;/m0./s1. The number of halogens is 1. The molecule has 12 heteroatoms. The second-order valence-corrected chi connectivity index (χ2v) is 7.75. The summed E-state index contributed by atoms with van der Waals surface area (Å²) in [6, 6.07) is 0.0298. The Morgan fingerprint density at radius 2 is 1.83 bits per heavy atom. The van der Waals surface area contributed by atoms with Crippen LogP contribution in [0.25, 0.3) is 0 Å². The van der Waals surface area contributed by atoms with Crippen LogP contribution in [0, 0.1) is 10.1 Å². The highest BCUT2D eigenvalue weighted by molar-refractivity contribution is 5.85. The maximum atomic E-state index is 12.4. The van der Waals surface area contributed by atoms with Crippen LogP contribution in [0.2, 0.25) is 0 Å². The SMILES string of the molecule is Cl.NC(=NCCCCCC(=O)N[C@@H]1CN[C@H](C(=O)NC2CCCCC2)C1)N[N+](=O)[O-]. The third-order valence-corrected chi connectivity index (χ3v) is 5.31. The number of carbonyl (C=O) groups is 2. The number of rotatable bonds is 10. The minimum absolute atomic E-state index is 0. The number of aliphatic imine (C=N–C) groups is 1. The number of guanidine groups is 1. The van der Waals surface area contributed by atoms with E-state index in [1.165, 1.54) is 19.3 Å². The maximum absolute atomic E-state index is 12.4. The van der Waals surface area contributed by atoms with Gasteiger partial charge in [-0.3, -0.25) is 9.59 Å². The summed E-state index contributed by atoms with van der Waals surface area (Å²) < 4.78 is 0. The van der Waals surface area contributed by atoms with E-state index in [0.717, 1.165) is 19.3 Å². The molecule has 1 aliphatic carbocycles. The molecule has 0 unspecified atom stereocenters. The number of hydrazine groups is 1. The van der Waals surface area contributed by atoms with E-state index in [2.05, 4.69) is 20.9 Å². The fourth-order valence-corrected chi connectivity index (χ4v) is 3.80. The Hall–Kier alpha value is -2.14. The number of nitrogens with two attached hydrogens (primary N) is 1. The van der Waals surface area contributed by atoms with Crippen molar-refractivity contribution in [2.45, 2.75) is 82.3 Å². The van der Waals surface area contributed by atoms with Gasteiger partial charge < -0.3 is 21.7 Å². The molecule has 11 nitrogen and oxygen atoms in total. The highest BCUT2D eigenvalue weighted by atomic mass is 35.5. The molecule has 0 radical (unpaired) electrons. The van der Waals surface area contributed by atoms with E-state index in [1.807, 2.05) is 0 Å². The topological polar surface area (TPSA) is 164 Å². The van der Waals surface area contributed by atoms with Crippen LogP contribution in [0.1, 0.15) is 64.2 Å². The van der Waals surface area contributed by atoms with Crippen molar-refractivity contribution in [3.05, 3.63) is 10.1 Å². The first-order valence-corrected chi connectivity index (χ1v) is 10.5. The van der Waals surface area contributed by atoms with Gasteiger partial charge in [0.25, 0.3) is 5.96 Å². The van der Waals surface area contributed by atoms with Crippen molar-refractivity contribution in [1.82, 2.24) is 21.4 Å². The Bertz CT molecular complexity index is 599. The average Bonchev–Trinajstić information content (AvgIpc) is 3.13. The molecule has 1 aliphatic heterocycles. The molecule has 1 saturated heterocycles. The molecule has 0 aromatic carbocycles. The van der Waals surface area contributed by atoms with Crippen LogP contribution in [0.5, 0.6) is 0 Å². The monoisotopic (exact) mass is 447 g/mol. The van der Waals surface area contributed by atoms with Crippen molar-refractivity contribution in [2.24, 2.45) is 10.7 Å². The molecule has 1 saturated carbocycles. The van der Waals surface area contributed by atoms with E-state index < -0.39 is 5.03 Å². The number of hydrogen-bond acceptors (Lipinski definition) is 6. The molecule has 30 heavy (non-hydrogen) atoms. The molecular formula is C18H34ClN7O4. The summed E-state index contributed by atoms with van der Waals surface area (Å²) in [5.41, 5.74) is 7.09. The van der Waals surface area contributed by atoms with Gasteiger partial charge in [-0.25, -0.2) is 15.1 Å². The molecule has 0 aromatic rings. The first-order valence-electron chi connectivity index (χ1n) is 10.5. The molecule has 0 spiro atoms. The van der Waals surface area contributed by atoms with Crippen molar-refractivity contribution < 1.29 is 14.6 Å². The van der Waals surface area contributed by atoms with Gasteiger partial charge in [-0.2, -0.15) is 0 Å². The Morgan fingerprint density at radius 3 is 2.53 bits per heavy atom. The number of nitro groups is 1. The van der Waals surface area contributed by atoms with Crippen LogP contribution in [-0.4, -0.2) is 54.0 Å². The number of nitrogens with one attached hydrogen (secondary N) is 4. The molecule has 2 atom stereocenters. The lowest BCUT2D eigenvalue weighted by atomic mass is 9.95. The zero-order valence-electron chi connectivity index (χ0n) is 17.2. The van der Waals surface area contributed by atoms with Crippen LogP contribution in [0.4, 0.5) is 0 Å². The largest absolute Gasteiger partial charge is 0.365 e. The molecule has 2 fully saturated rings. The molecule has 0 aromatic heterocycles. The van der Waals surface area contributed by atoms with Gasteiger partial charge in [0.15, 0.2) is 5.03 Å². The third-order valence-electron chi connectivity index (χ3n) is 5.31. The second kappa shape index (κ2) is 14.0. The number of nitrogens with zero attached hydrogens (tertiary/aromatic N) is 2. The quantitative estimate of drug-likeness (QED) is 0.106. The van der Waals surface area contributed by atoms with Crippen molar-refractivity contribution in [3.63, 3.8) is 0 Å². The highest BCUT2D eigenvalue weighted by Gasteiger charge is 2.31. The van der Waals surface area contributed by atoms with Crippen LogP contribution < -0.4 is 27.1 Å². The van der Waals surface area contributed by atoms with E-state index >= 15 is 0 Å². The molecule has 1 heterocycles. The van der Waals surface area contributed by atoms with Crippen molar-refractivity contribution in [1.29, 1.82) is 0 Å². The summed E-state index contributed by atoms with van der Waals surface area (Å²) in [4.78, 5) is 38.5. The predicted octanol–water partition coefficient (Wildman–Crippen LogP) is 0.360. The zero-order chi connectivity index (χ0) is 21.1. The average molecular weight is 448 g/mol. The molecule has 0 bridgehead atoms. The number of hydrogen-bond donors (Lipinski definition) is 5. The van der Waals surface area contributed by atoms with Crippen molar-refractivity contribution in [3.8, 4) is 0 Å². The first-order chi connectivity index (χ1) is 13.9. The van der Waals surface area contributed by atoms with Gasteiger partial charge in [-0.15, -0.1) is 12.4 Å². The van der Waals surface area contributed by atoms with Gasteiger partial charge in [0.1, 0.15) is 0 Å². The van der Waals surface area contributed by atoms with E-state index in [-0.39, 0.29) is 42.3 Å². The Morgan fingerprint density at radius 1 is 1.10 bits per heavy atom. The van der Waals surface area contributed by atoms with Crippen LogP contribution in [-0.2, 0) is 9.59 Å². The number of unbranched alkanes of at least 4 members (excludes halogenated alkanes) is 2. The summed E-state index contributed by atoms with van der Waals surface area (Å²) in [6.07, 6.45) is 8.92. The lowest BCUT2D eigenvalue weighted by Crippen LogP contribution is -2.45. The van der Waals surface area contributed by atoms with Crippen molar-refractivity contribution in [2.75, 3.05) is 13.1 Å². The summed E-state index contributed by atoms with van der Waals surface area (Å²) in [6.45, 7) is 0.977. The maximum Gasteiger partial charge on any atom is 0.251 e. The fraction of sp³-hybridized carbons (Fsp3) is 0.833. The van der Waals surface area contributed by atoms with E-state index in [1.54, 1.807) is 5.43 Å². The highest BCUT2D eigenvalue weighted by Crippen LogP contribution is 2.18. The van der Waals surface area contributed by atoms with Crippen LogP contribution >= 0.6 is 12.4 Å². The Kier molecular flexibility index (Phi) is 12.1. The van der Waals surface area contributed by atoms with Gasteiger partial charge in [0.05, 0.1) is 6.04 Å². The van der Waals surface area contributed by atoms with Crippen LogP contribution in [0.15, 0.2) is 4.99 Å². The van der Waals surface area contributed by atoms with Gasteiger partial charge in [-0.1, -0.05) is 31.1 Å². The summed E-state index contributed by atoms with van der Waals surface area (Å²) in [5, 5.41) is 18.7. The number of amides is 2. The lowest BCUT2D eigenvalue weighted by molar-refractivity contribution is -0.525. The Labute approximate surface area is 182 Å². The molecule has 6 N–H and O–H groups in total. The molecule has 2 amide bonds. The summed E-state index contributed by atoms with van der Waals surface area (Å²) in [7, 11) is 0. The third kappa shape index (κ3) is 10.1. The van der Waals surface area contributed by atoms with E-state index in [0.29, 0.717) is 44.8 Å². The smallest absolute Gasteiger partial charge is 0.251 e. The minimum Gasteiger partial charge on any atom is -0.365 e. The predicted molar refractivity (Wildman–Crippen MR) is 116 cm³/mol. The van der Waals surface area contributed by atoms with Gasteiger partial charge in [-0.05, 0) is 32.1 Å². The molecule has 2 rings (SSSR count). The van der Waals surface area contributed by atoms with Crippen LogP contribution in [0.3, 0.4) is 0 Å². The minimum atomic E-state index is -0.759. The Balaban J connectivity index is 0.00000450. The molecule has 2 aliphatic rings. The van der Waals surface area contributed by atoms with Gasteiger partial charge >= 0.3 is 0 Å². The van der Waals surface area contributed by atoms with Gasteiger partial charge in [0, 0.05) is 31.6 Å². The van der Waals surface area contributed by atoms with E-state index in [4.69, 9.17) is 5.73 Å².